The molecule has 1 atom stereocenters. The number of hydrogen-bond donors (Lipinski definition) is 1. The molecule has 120 valence electrons. The van der Waals surface area contributed by atoms with Crippen LogP contribution in [0.15, 0.2) is 18.2 Å². The van der Waals surface area contributed by atoms with E-state index in [1.807, 2.05) is 20.8 Å². The zero-order chi connectivity index (χ0) is 15.9. The maximum Gasteiger partial charge on any atom is 0.389 e. The third kappa shape index (κ3) is 7.48. The van der Waals surface area contributed by atoms with Gasteiger partial charge in [-0.15, -0.1) is 0 Å². The van der Waals surface area contributed by atoms with Crippen LogP contribution in [0.25, 0.3) is 0 Å². The van der Waals surface area contributed by atoms with Gasteiger partial charge in [0.1, 0.15) is 0 Å². The smallest absolute Gasteiger partial charge is 0.379 e. The topological polar surface area (TPSA) is 21.3 Å². The third-order valence-electron chi connectivity index (χ3n) is 3.13. The minimum absolute atomic E-state index is 0.00912. The molecule has 1 aromatic rings. The standard InChI is InChI=1S/C16H24F3NO/c1-4-20-15(11-21-7-5-6-16(17,18)19)14-9-12(2)8-13(3)10-14/h8-10,15,20H,4-7,11H2,1-3H3. The molecule has 0 aliphatic carbocycles. The van der Waals surface area contributed by atoms with E-state index >= 15 is 0 Å². The zero-order valence-electron chi connectivity index (χ0n) is 12.9. The van der Waals surface area contributed by atoms with Crippen molar-refractivity contribution in [3.05, 3.63) is 34.9 Å². The fourth-order valence-corrected chi connectivity index (χ4v) is 2.31. The van der Waals surface area contributed by atoms with Gasteiger partial charge in [-0.05, 0) is 32.4 Å². The first-order chi connectivity index (χ1) is 9.81. The number of likely N-dealkylation sites (N-methyl/N-ethyl adjacent to an activating group) is 1. The Hall–Kier alpha value is -1.07. The van der Waals surface area contributed by atoms with Gasteiger partial charge in [-0.2, -0.15) is 13.2 Å². The SMILES string of the molecule is CCNC(COCCCC(F)(F)F)c1cc(C)cc(C)c1. The van der Waals surface area contributed by atoms with E-state index < -0.39 is 12.6 Å². The molecule has 0 amide bonds. The molecule has 1 rings (SSSR count). The summed E-state index contributed by atoms with van der Waals surface area (Å²) in [6.07, 6.45) is -4.88. The summed E-state index contributed by atoms with van der Waals surface area (Å²) < 4.78 is 41.6. The molecule has 0 heterocycles. The number of aryl methyl sites for hydroxylation is 2. The van der Waals surface area contributed by atoms with Gasteiger partial charge in [-0.3, -0.25) is 0 Å². The molecule has 2 nitrogen and oxygen atoms in total. The lowest BCUT2D eigenvalue weighted by atomic mass is 10.0. The Labute approximate surface area is 124 Å². The van der Waals surface area contributed by atoms with Gasteiger partial charge < -0.3 is 10.1 Å². The average molecular weight is 303 g/mol. The van der Waals surface area contributed by atoms with Gasteiger partial charge in [0, 0.05) is 13.0 Å². The molecule has 1 aromatic carbocycles. The molecule has 0 saturated carbocycles. The van der Waals surface area contributed by atoms with Crippen LogP contribution in [0, 0.1) is 13.8 Å². The molecule has 1 N–H and O–H groups in total. The summed E-state index contributed by atoms with van der Waals surface area (Å²) in [5.41, 5.74) is 3.46. The maximum absolute atomic E-state index is 12.0. The number of hydrogen-bond acceptors (Lipinski definition) is 2. The van der Waals surface area contributed by atoms with Crippen molar-refractivity contribution >= 4 is 0 Å². The highest BCUT2D eigenvalue weighted by Gasteiger charge is 2.26. The van der Waals surface area contributed by atoms with Crippen molar-refractivity contribution in [1.82, 2.24) is 5.32 Å². The quantitative estimate of drug-likeness (QED) is 0.722. The van der Waals surface area contributed by atoms with Gasteiger partial charge in [0.15, 0.2) is 0 Å². The summed E-state index contributed by atoms with van der Waals surface area (Å²) in [5.74, 6) is 0. The summed E-state index contributed by atoms with van der Waals surface area (Å²) in [6, 6.07) is 6.27. The summed E-state index contributed by atoms with van der Waals surface area (Å²) in [4.78, 5) is 0. The van der Waals surface area contributed by atoms with Crippen molar-refractivity contribution in [3.8, 4) is 0 Å². The van der Waals surface area contributed by atoms with E-state index in [-0.39, 0.29) is 19.1 Å². The van der Waals surface area contributed by atoms with Gasteiger partial charge in [0.25, 0.3) is 0 Å². The second-order valence-corrected chi connectivity index (χ2v) is 5.32. The average Bonchev–Trinajstić information content (AvgIpc) is 2.34. The van der Waals surface area contributed by atoms with Crippen LogP contribution in [-0.2, 0) is 4.74 Å². The first-order valence-corrected chi connectivity index (χ1v) is 7.28. The van der Waals surface area contributed by atoms with Gasteiger partial charge >= 0.3 is 6.18 Å². The van der Waals surface area contributed by atoms with E-state index in [0.717, 1.165) is 12.1 Å². The molecule has 0 saturated heterocycles. The fourth-order valence-electron chi connectivity index (χ4n) is 2.31. The van der Waals surface area contributed by atoms with Crippen LogP contribution < -0.4 is 5.32 Å². The summed E-state index contributed by atoms with van der Waals surface area (Å²) >= 11 is 0. The molecule has 0 bridgehead atoms. The Balaban J connectivity index is 2.50. The predicted octanol–water partition coefficient (Wildman–Crippen LogP) is 4.31. The lowest BCUT2D eigenvalue weighted by Crippen LogP contribution is -2.26. The van der Waals surface area contributed by atoms with E-state index in [9.17, 15) is 13.2 Å². The highest BCUT2D eigenvalue weighted by molar-refractivity contribution is 5.30. The van der Waals surface area contributed by atoms with Crippen LogP contribution in [0.5, 0.6) is 0 Å². The summed E-state index contributed by atoms with van der Waals surface area (Å²) in [7, 11) is 0. The summed E-state index contributed by atoms with van der Waals surface area (Å²) in [6.45, 7) is 7.36. The Bertz CT molecular complexity index is 412. The third-order valence-corrected chi connectivity index (χ3v) is 3.13. The van der Waals surface area contributed by atoms with Crippen LogP contribution in [0.3, 0.4) is 0 Å². The van der Waals surface area contributed by atoms with E-state index in [1.54, 1.807) is 0 Å². The molecule has 0 aliphatic heterocycles. The van der Waals surface area contributed by atoms with Crippen molar-refractivity contribution in [1.29, 1.82) is 0 Å². The molecule has 0 radical (unpaired) electrons. The van der Waals surface area contributed by atoms with Crippen molar-refractivity contribution in [3.63, 3.8) is 0 Å². The fraction of sp³-hybridized carbons (Fsp3) is 0.625. The lowest BCUT2D eigenvalue weighted by Gasteiger charge is -2.20. The summed E-state index contributed by atoms with van der Waals surface area (Å²) in [5, 5.41) is 3.31. The molecule has 0 fully saturated rings. The van der Waals surface area contributed by atoms with E-state index in [0.29, 0.717) is 6.61 Å². The normalized spacial score (nSPS) is 13.4. The van der Waals surface area contributed by atoms with Crippen LogP contribution in [0.1, 0.15) is 42.5 Å². The Morgan fingerprint density at radius 3 is 2.29 bits per heavy atom. The number of ether oxygens (including phenoxy) is 1. The zero-order valence-corrected chi connectivity index (χ0v) is 12.9. The van der Waals surface area contributed by atoms with Gasteiger partial charge in [0.2, 0.25) is 0 Å². The first-order valence-electron chi connectivity index (χ1n) is 7.28. The number of alkyl halides is 3. The van der Waals surface area contributed by atoms with Crippen LogP contribution in [0.2, 0.25) is 0 Å². The van der Waals surface area contributed by atoms with Gasteiger partial charge in [-0.25, -0.2) is 0 Å². The Morgan fingerprint density at radius 2 is 1.76 bits per heavy atom. The van der Waals surface area contributed by atoms with Crippen LogP contribution in [-0.4, -0.2) is 25.9 Å². The van der Waals surface area contributed by atoms with E-state index in [1.165, 1.54) is 11.1 Å². The minimum Gasteiger partial charge on any atom is -0.379 e. The van der Waals surface area contributed by atoms with Gasteiger partial charge in [0.05, 0.1) is 12.6 Å². The molecule has 0 aliphatic rings. The lowest BCUT2D eigenvalue weighted by molar-refractivity contribution is -0.138. The highest BCUT2D eigenvalue weighted by atomic mass is 19.4. The molecular weight excluding hydrogens is 279 g/mol. The molecular formula is C16H24F3NO. The van der Waals surface area contributed by atoms with E-state index in [4.69, 9.17) is 4.74 Å². The number of benzene rings is 1. The van der Waals surface area contributed by atoms with Crippen molar-refractivity contribution in [2.75, 3.05) is 19.8 Å². The second-order valence-electron chi connectivity index (χ2n) is 5.32. The van der Waals surface area contributed by atoms with Crippen molar-refractivity contribution in [2.24, 2.45) is 0 Å². The highest BCUT2D eigenvalue weighted by Crippen LogP contribution is 2.22. The molecule has 0 aromatic heterocycles. The molecule has 21 heavy (non-hydrogen) atoms. The molecule has 5 heteroatoms. The predicted molar refractivity (Wildman–Crippen MR) is 78.4 cm³/mol. The van der Waals surface area contributed by atoms with Crippen LogP contribution >= 0.6 is 0 Å². The molecule has 1 unspecified atom stereocenters. The second kappa shape index (κ2) is 8.39. The number of rotatable bonds is 8. The number of nitrogens with one attached hydrogen (secondary N) is 1. The molecule has 0 spiro atoms. The van der Waals surface area contributed by atoms with E-state index in [2.05, 4.69) is 23.5 Å². The Morgan fingerprint density at radius 1 is 1.14 bits per heavy atom. The van der Waals surface area contributed by atoms with Crippen molar-refractivity contribution in [2.45, 2.75) is 45.8 Å². The van der Waals surface area contributed by atoms with Crippen LogP contribution in [0.4, 0.5) is 13.2 Å². The monoisotopic (exact) mass is 303 g/mol. The maximum atomic E-state index is 12.0. The van der Waals surface area contributed by atoms with Gasteiger partial charge in [-0.1, -0.05) is 36.2 Å². The minimum atomic E-state index is -4.10. The first kappa shape index (κ1) is 18.0. The number of halogens is 3. The largest absolute Gasteiger partial charge is 0.389 e. The van der Waals surface area contributed by atoms with Crippen molar-refractivity contribution < 1.29 is 17.9 Å². The Kier molecular flexibility index (Phi) is 7.18.